The molecule has 0 radical (unpaired) electrons. The maximum absolute atomic E-state index is 12.3. The molecule has 0 spiro atoms. The lowest BCUT2D eigenvalue weighted by Gasteiger charge is -2.41. The number of anilines is 1. The maximum Gasteiger partial charge on any atom is 0.273 e. The van der Waals surface area contributed by atoms with Gasteiger partial charge in [-0.1, -0.05) is 6.42 Å². The van der Waals surface area contributed by atoms with Gasteiger partial charge in [0.25, 0.3) is 5.91 Å². The molecular weight excluding hydrogens is 234 g/mol. The Morgan fingerprint density at radius 2 is 2.12 bits per heavy atom. The van der Waals surface area contributed by atoms with E-state index in [9.17, 15) is 4.79 Å². The van der Waals surface area contributed by atoms with Gasteiger partial charge < -0.3 is 10.6 Å². The first kappa shape index (κ1) is 11.0. The summed E-state index contributed by atoms with van der Waals surface area (Å²) < 4.78 is 0. The minimum absolute atomic E-state index is 0.0644. The van der Waals surface area contributed by atoms with Gasteiger partial charge in [0.05, 0.1) is 0 Å². The van der Waals surface area contributed by atoms with E-state index in [1.807, 2.05) is 4.90 Å². The van der Waals surface area contributed by atoms with Crippen molar-refractivity contribution < 1.29 is 4.79 Å². The van der Waals surface area contributed by atoms with Crippen LogP contribution in [0.5, 0.6) is 0 Å². The topological polar surface area (TPSA) is 59.2 Å². The van der Waals surface area contributed by atoms with Crippen LogP contribution >= 0.6 is 11.3 Å². The number of amides is 1. The van der Waals surface area contributed by atoms with Crippen LogP contribution in [0.15, 0.2) is 5.38 Å². The number of aromatic nitrogens is 1. The van der Waals surface area contributed by atoms with Crippen molar-refractivity contribution in [3.63, 3.8) is 0 Å². The Morgan fingerprint density at radius 1 is 1.41 bits per heavy atom. The van der Waals surface area contributed by atoms with Gasteiger partial charge in [0.1, 0.15) is 5.69 Å². The van der Waals surface area contributed by atoms with E-state index in [1.165, 1.54) is 37.0 Å². The lowest BCUT2D eigenvalue weighted by Crippen LogP contribution is -2.45. The minimum atomic E-state index is 0.0644. The van der Waals surface area contributed by atoms with Crippen LogP contribution in [-0.4, -0.2) is 28.9 Å². The molecule has 5 heteroatoms. The third-order valence-corrected chi connectivity index (χ3v) is 4.55. The normalized spacial score (nSPS) is 28.1. The zero-order chi connectivity index (χ0) is 11.8. The zero-order valence-electron chi connectivity index (χ0n) is 9.76. The highest BCUT2D eigenvalue weighted by molar-refractivity contribution is 7.13. The van der Waals surface area contributed by atoms with Crippen LogP contribution < -0.4 is 5.73 Å². The maximum atomic E-state index is 12.3. The Morgan fingerprint density at radius 3 is 2.71 bits per heavy atom. The summed E-state index contributed by atoms with van der Waals surface area (Å²) in [7, 11) is 0. The summed E-state index contributed by atoms with van der Waals surface area (Å²) in [6, 6.07) is 0. The molecule has 2 N–H and O–H groups in total. The largest absolute Gasteiger partial charge is 0.375 e. The van der Waals surface area contributed by atoms with Gasteiger partial charge in [-0.05, 0) is 31.1 Å². The predicted molar refractivity (Wildman–Crippen MR) is 67.9 cm³/mol. The predicted octanol–water partition coefficient (Wildman–Crippen LogP) is 1.99. The second kappa shape index (κ2) is 4.29. The highest BCUT2D eigenvalue weighted by Gasteiger charge is 2.33. The summed E-state index contributed by atoms with van der Waals surface area (Å²) in [5.74, 6) is 1.49. The number of rotatable bonds is 1. The van der Waals surface area contributed by atoms with E-state index < -0.39 is 0 Å². The molecule has 2 bridgehead atoms. The summed E-state index contributed by atoms with van der Waals surface area (Å²) in [6.45, 7) is 1.82. The van der Waals surface area contributed by atoms with Crippen LogP contribution in [0.3, 0.4) is 0 Å². The summed E-state index contributed by atoms with van der Waals surface area (Å²) in [5, 5.41) is 2.24. The molecule has 1 saturated carbocycles. The summed E-state index contributed by atoms with van der Waals surface area (Å²) in [5.41, 5.74) is 6.10. The molecule has 1 aliphatic carbocycles. The SMILES string of the molecule is Nc1nc(C(=O)N2C[C@H]3CCC[C@@H](C3)C2)cs1. The third kappa shape index (κ3) is 2.16. The van der Waals surface area contributed by atoms with Crippen molar-refractivity contribution in [2.24, 2.45) is 11.8 Å². The lowest BCUT2D eigenvalue weighted by atomic mass is 9.78. The Hall–Kier alpha value is -1.10. The van der Waals surface area contributed by atoms with Crippen molar-refractivity contribution in [3.8, 4) is 0 Å². The molecule has 92 valence electrons. The van der Waals surface area contributed by atoms with Gasteiger partial charge in [-0.15, -0.1) is 11.3 Å². The molecule has 1 amide bonds. The van der Waals surface area contributed by atoms with Crippen LogP contribution in [-0.2, 0) is 0 Å². The van der Waals surface area contributed by atoms with Gasteiger partial charge in [0.2, 0.25) is 0 Å². The number of carbonyl (C=O) groups is 1. The standard InChI is InChI=1S/C12H17N3OS/c13-12-14-10(7-17-12)11(16)15-5-8-2-1-3-9(4-8)6-15/h7-9H,1-6H2,(H2,13,14)/t8-,9-/m0/s1. The Bertz CT molecular complexity index is 419. The van der Waals surface area contributed by atoms with Crippen molar-refractivity contribution >= 4 is 22.4 Å². The van der Waals surface area contributed by atoms with Gasteiger partial charge in [0.15, 0.2) is 5.13 Å². The average molecular weight is 251 g/mol. The number of nitrogen functional groups attached to an aromatic ring is 1. The van der Waals surface area contributed by atoms with Gasteiger partial charge in [-0.3, -0.25) is 4.79 Å². The molecule has 17 heavy (non-hydrogen) atoms. The second-order valence-corrected chi connectivity index (χ2v) is 6.07. The molecule has 2 heterocycles. The van der Waals surface area contributed by atoms with Crippen LogP contribution in [0.4, 0.5) is 5.13 Å². The fourth-order valence-electron chi connectivity index (χ4n) is 3.15. The number of piperidine rings is 1. The fourth-order valence-corrected chi connectivity index (χ4v) is 3.68. The van der Waals surface area contributed by atoms with Crippen molar-refractivity contribution in [2.45, 2.75) is 25.7 Å². The molecule has 4 nitrogen and oxygen atoms in total. The van der Waals surface area contributed by atoms with E-state index in [-0.39, 0.29) is 5.91 Å². The molecule has 2 aliphatic rings. The van der Waals surface area contributed by atoms with Crippen molar-refractivity contribution in [1.29, 1.82) is 0 Å². The highest BCUT2D eigenvalue weighted by atomic mass is 32.1. The molecule has 0 unspecified atom stereocenters. The number of carbonyl (C=O) groups excluding carboxylic acids is 1. The van der Waals surface area contributed by atoms with Crippen LogP contribution in [0, 0.1) is 11.8 Å². The van der Waals surface area contributed by atoms with Gasteiger partial charge in [-0.2, -0.15) is 0 Å². The average Bonchev–Trinajstić information content (AvgIpc) is 2.74. The van der Waals surface area contributed by atoms with Crippen LogP contribution in [0.1, 0.15) is 36.2 Å². The summed E-state index contributed by atoms with van der Waals surface area (Å²) in [4.78, 5) is 18.3. The minimum Gasteiger partial charge on any atom is -0.375 e. The first-order chi connectivity index (χ1) is 8.22. The number of hydrogen-bond donors (Lipinski definition) is 1. The number of nitrogens with zero attached hydrogens (tertiary/aromatic N) is 2. The van der Waals surface area contributed by atoms with Crippen molar-refractivity contribution in [3.05, 3.63) is 11.1 Å². The van der Waals surface area contributed by atoms with Gasteiger partial charge in [0, 0.05) is 18.5 Å². The van der Waals surface area contributed by atoms with Gasteiger partial charge >= 0.3 is 0 Å². The van der Waals surface area contributed by atoms with E-state index in [2.05, 4.69) is 4.98 Å². The highest BCUT2D eigenvalue weighted by Crippen LogP contribution is 2.34. The number of fused-ring (bicyclic) bond motifs is 2. The summed E-state index contributed by atoms with van der Waals surface area (Å²) >= 11 is 1.34. The molecule has 3 rings (SSSR count). The van der Waals surface area contributed by atoms with Crippen LogP contribution in [0.25, 0.3) is 0 Å². The van der Waals surface area contributed by atoms with Crippen molar-refractivity contribution in [1.82, 2.24) is 9.88 Å². The lowest BCUT2D eigenvalue weighted by molar-refractivity contribution is 0.0500. The molecular formula is C12H17N3OS. The van der Waals surface area contributed by atoms with E-state index in [1.54, 1.807) is 5.38 Å². The fraction of sp³-hybridized carbons (Fsp3) is 0.667. The Balaban J connectivity index is 1.74. The number of hydrogen-bond acceptors (Lipinski definition) is 4. The van der Waals surface area contributed by atoms with E-state index in [0.717, 1.165) is 13.1 Å². The number of thiazole rings is 1. The smallest absolute Gasteiger partial charge is 0.273 e. The van der Waals surface area contributed by atoms with Crippen LogP contribution in [0.2, 0.25) is 0 Å². The Kier molecular flexibility index (Phi) is 2.78. The van der Waals surface area contributed by atoms with Crippen molar-refractivity contribution in [2.75, 3.05) is 18.8 Å². The molecule has 1 aromatic heterocycles. The molecule has 1 aliphatic heterocycles. The number of likely N-dealkylation sites (tertiary alicyclic amines) is 1. The molecule has 2 fully saturated rings. The molecule has 1 aromatic rings. The monoisotopic (exact) mass is 251 g/mol. The summed E-state index contributed by atoms with van der Waals surface area (Å²) in [6.07, 6.45) is 5.20. The molecule has 1 saturated heterocycles. The number of nitrogens with two attached hydrogens (primary N) is 1. The second-order valence-electron chi connectivity index (χ2n) is 5.18. The van der Waals surface area contributed by atoms with Gasteiger partial charge in [-0.25, -0.2) is 4.98 Å². The third-order valence-electron chi connectivity index (χ3n) is 3.88. The van der Waals surface area contributed by atoms with E-state index >= 15 is 0 Å². The zero-order valence-corrected chi connectivity index (χ0v) is 10.6. The van der Waals surface area contributed by atoms with E-state index in [0.29, 0.717) is 22.7 Å². The Labute approximate surface area is 105 Å². The quantitative estimate of drug-likeness (QED) is 0.830. The molecule has 0 aromatic carbocycles. The van der Waals surface area contributed by atoms with E-state index in [4.69, 9.17) is 5.73 Å². The first-order valence-electron chi connectivity index (χ1n) is 6.22. The molecule has 2 atom stereocenters. The first-order valence-corrected chi connectivity index (χ1v) is 7.10.